The van der Waals surface area contributed by atoms with Crippen molar-refractivity contribution in [3.05, 3.63) is 0 Å². The van der Waals surface area contributed by atoms with Crippen molar-refractivity contribution < 1.29 is 4.79 Å². The Hall–Kier alpha value is -0.900. The first-order chi connectivity index (χ1) is 7.38. The Labute approximate surface area is 99.9 Å². The second-order valence-corrected chi connectivity index (χ2v) is 3.68. The molecule has 0 aliphatic heterocycles. The fourth-order valence-corrected chi connectivity index (χ4v) is 1.07. The van der Waals surface area contributed by atoms with E-state index in [9.17, 15) is 4.79 Å². The van der Waals surface area contributed by atoms with Crippen molar-refractivity contribution in [2.45, 2.75) is 47.6 Å². The Balaban J connectivity index is 0. The summed E-state index contributed by atoms with van der Waals surface area (Å²) in [5.41, 5.74) is 5.23. The van der Waals surface area contributed by atoms with Gasteiger partial charge >= 0.3 is 0 Å². The van der Waals surface area contributed by atoms with Crippen LogP contribution < -0.4 is 5.73 Å². The number of carbonyl (C=O) groups is 1. The molecule has 4 nitrogen and oxygen atoms in total. The third kappa shape index (κ3) is 11.2. The molecule has 16 heavy (non-hydrogen) atoms. The smallest absolute Gasteiger partial charge is 0.154 e. The summed E-state index contributed by atoms with van der Waals surface area (Å²) >= 11 is 0. The van der Waals surface area contributed by atoms with Gasteiger partial charge in [-0.15, -0.1) is 0 Å². The van der Waals surface area contributed by atoms with Gasteiger partial charge in [0, 0.05) is 0 Å². The first-order valence-corrected chi connectivity index (χ1v) is 5.91. The molecule has 0 heterocycles. The molecule has 0 spiro atoms. The van der Waals surface area contributed by atoms with Gasteiger partial charge in [-0.1, -0.05) is 20.8 Å². The van der Waals surface area contributed by atoms with Gasteiger partial charge in [-0.2, -0.15) is 0 Å². The topological polar surface area (TPSA) is 58.7 Å². The van der Waals surface area contributed by atoms with Gasteiger partial charge in [-0.3, -0.25) is 9.79 Å². The van der Waals surface area contributed by atoms with Crippen molar-refractivity contribution in [2.24, 2.45) is 10.7 Å². The highest BCUT2D eigenvalue weighted by Gasteiger charge is 2.02. The average molecular weight is 229 g/mol. The van der Waals surface area contributed by atoms with Crippen molar-refractivity contribution in [3.8, 4) is 0 Å². The van der Waals surface area contributed by atoms with Crippen molar-refractivity contribution in [2.75, 3.05) is 19.6 Å². The minimum Gasteiger partial charge on any atom is -0.388 e. The van der Waals surface area contributed by atoms with Gasteiger partial charge in [0.2, 0.25) is 0 Å². The lowest BCUT2D eigenvalue weighted by Gasteiger charge is -2.13. The van der Waals surface area contributed by atoms with E-state index in [0.29, 0.717) is 5.84 Å². The fraction of sp³-hybridized carbons (Fsp3) is 0.833. The van der Waals surface area contributed by atoms with E-state index in [-0.39, 0.29) is 11.8 Å². The van der Waals surface area contributed by atoms with Gasteiger partial charge in [0.25, 0.3) is 0 Å². The maximum atomic E-state index is 10.5. The molecule has 96 valence electrons. The van der Waals surface area contributed by atoms with E-state index in [0.717, 1.165) is 0 Å². The molecule has 1 unspecified atom stereocenters. The molecule has 0 fully saturated rings. The molecule has 0 aromatic rings. The second kappa shape index (κ2) is 10.6. The fourth-order valence-electron chi connectivity index (χ4n) is 1.07. The monoisotopic (exact) mass is 229 g/mol. The van der Waals surface area contributed by atoms with Gasteiger partial charge in [0.05, 0.1) is 5.84 Å². The van der Waals surface area contributed by atoms with E-state index in [4.69, 9.17) is 5.73 Å². The number of Topliss-reactive ketones (excluding diaryl/α,β-unsaturated/α-hetero) is 1. The molecule has 4 heteroatoms. The molecule has 0 rings (SSSR count). The van der Waals surface area contributed by atoms with Crippen LogP contribution in [0.4, 0.5) is 0 Å². The molecule has 0 radical (unpaired) electrons. The van der Waals surface area contributed by atoms with Gasteiger partial charge in [0.15, 0.2) is 5.78 Å². The highest BCUT2D eigenvalue weighted by molar-refractivity contribution is 5.85. The molecule has 0 aliphatic carbocycles. The Morgan fingerprint density at radius 2 is 1.56 bits per heavy atom. The number of hydrogen-bond donors (Lipinski definition) is 1. The van der Waals surface area contributed by atoms with E-state index >= 15 is 0 Å². The van der Waals surface area contributed by atoms with E-state index in [1.54, 1.807) is 13.8 Å². The number of hydrogen-bond acceptors (Lipinski definition) is 3. The first-order valence-electron chi connectivity index (χ1n) is 5.91. The molecule has 0 saturated heterocycles. The summed E-state index contributed by atoms with van der Waals surface area (Å²) in [5.74, 6) is 0.498. The number of amidine groups is 1. The van der Waals surface area contributed by atoms with Crippen LogP contribution in [-0.2, 0) is 4.79 Å². The summed E-state index contributed by atoms with van der Waals surface area (Å²) < 4.78 is 0. The predicted octanol–water partition coefficient (Wildman–Crippen LogP) is 1.69. The van der Waals surface area contributed by atoms with Crippen LogP contribution >= 0.6 is 0 Å². The normalized spacial score (nSPS) is 13.1. The van der Waals surface area contributed by atoms with E-state index in [1.165, 1.54) is 26.6 Å². The molecule has 0 aromatic heterocycles. The van der Waals surface area contributed by atoms with Gasteiger partial charge in [-0.05, 0) is 40.4 Å². The molecule has 2 N–H and O–H groups in total. The van der Waals surface area contributed by atoms with Crippen molar-refractivity contribution in [3.63, 3.8) is 0 Å². The second-order valence-electron chi connectivity index (χ2n) is 3.68. The van der Waals surface area contributed by atoms with Gasteiger partial charge in [0.1, 0.15) is 6.04 Å². The van der Waals surface area contributed by atoms with Crippen molar-refractivity contribution in [1.29, 1.82) is 0 Å². The highest BCUT2D eigenvalue weighted by Crippen LogP contribution is 1.89. The highest BCUT2D eigenvalue weighted by atomic mass is 16.1. The average Bonchev–Trinajstić information content (AvgIpc) is 2.20. The maximum Gasteiger partial charge on any atom is 0.154 e. The lowest BCUT2D eigenvalue weighted by atomic mass is 10.2. The summed E-state index contributed by atoms with van der Waals surface area (Å²) in [6, 6.07) is -0.282. The minimum absolute atomic E-state index is 0.0415. The lowest BCUT2D eigenvalue weighted by Crippen LogP contribution is -2.21. The van der Waals surface area contributed by atoms with Crippen molar-refractivity contribution in [1.82, 2.24) is 4.90 Å². The zero-order valence-electron chi connectivity index (χ0n) is 11.6. The summed E-state index contributed by atoms with van der Waals surface area (Å²) in [6.07, 6.45) is 0. The molecule has 0 aromatic carbocycles. The van der Waals surface area contributed by atoms with E-state index in [2.05, 4.69) is 30.7 Å². The third-order valence-corrected chi connectivity index (χ3v) is 2.33. The van der Waals surface area contributed by atoms with Gasteiger partial charge < -0.3 is 10.6 Å². The summed E-state index contributed by atoms with van der Waals surface area (Å²) in [5, 5.41) is 0. The van der Waals surface area contributed by atoms with Crippen molar-refractivity contribution >= 4 is 11.6 Å². The molecule has 0 amide bonds. The molecular formula is C12H27N3O. The Kier molecular flexibility index (Phi) is 11.6. The van der Waals surface area contributed by atoms with Crippen LogP contribution in [0.2, 0.25) is 0 Å². The summed E-state index contributed by atoms with van der Waals surface area (Å²) in [7, 11) is 0. The molecule has 0 aliphatic rings. The van der Waals surface area contributed by atoms with E-state index < -0.39 is 0 Å². The lowest BCUT2D eigenvalue weighted by molar-refractivity contribution is -0.117. The number of carbonyl (C=O) groups excluding carboxylic acids is 1. The zero-order chi connectivity index (χ0) is 13.1. The Morgan fingerprint density at radius 1 is 1.19 bits per heavy atom. The summed E-state index contributed by atoms with van der Waals surface area (Å²) in [6.45, 7) is 15.0. The molecular weight excluding hydrogens is 202 g/mol. The standard InChI is InChI=1S/C6H12N2O.C6H15N/c1-4(5(2)9)8-6(3)7;1-4-7(5-2)6-3/h4H,1-3H3,(H2,7,8);4-6H2,1-3H3. The molecule has 1 atom stereocenters. The maximum absolute atomic E-state index is 10.5. The first kappa shape index (κ1) is 17.5. The number of aliphatic imine (C=N–C) groups is 1. The van der Waals surface area contributed by atoms with Crippen LogP contribution in [0.25, 0.3) is 0 Å². The van der Waals surface area contributed by atoms with E-state index in [1.807, 2.05) is 0 Å². The van der Waals surface area contributed by atoms with Crippen LogP contribution in [-0.4, -0.2) is 42.2 Å². The summed E-state index contributed by atoms with van der Waals surface area (Å²) in [4.78, 5) is 16.7. The number of rotatable bonds is 5. The number of ketones is 1. The molecule has 0 saturated carbocycles. The number of nitrogens with two attached hydrogens (primary N) is 1. The van der Waals surface area contributed by atoms with Gasteiger partial charge in [-0.25, -0.2) is 0 Å². The third-order valence-electron chi connectivity index (χ3n) is 2.33. The minimum atomic E-state index is -0.282. The predicted molar refractivity (Wildman–Crippen MR) is 70.9 cm³/mol. The Bertz CT molecular complexity index is 201. The SMILES string of the molecule is CC(=O)C(C)N=C(C)N.CCN(CC)CC. The van der Waals surface area contributed by atoms with Crippen LogP contribution in [0, 0.1) is 0 Å². The van der Waals surface area contributed by atoms with Crippen LogP contribution in [0.1, 0.15) is 41.5 Å². The van der Waals surface area contributed by atoms with Crippen LogP contribution in [0.3, 0.4) is 0 Å². The quantitative estimate of drug-likeness (QED) is 0.576. The van der Waals surface area contributed by atoms with Crippen LogP contribution in [0.15, 0.2) is 4.99 Å². The Morgan fingerprint density at radius 3 is 1.62 bits per heavy atom. The zero-order valence-corrected chi connectivity index (χ0v) is 11.6. The van der Waals surface area contributed by atoms with Crippen LogP contribution in [0.5, 0.6) is 0 Å². The number of nitrogens with zero attached hydrogens (tertiary/aromatic N) is 2. The molecule has 0 bridgehead atoms. The largest absolute Gasteiger partial charge is 0.388 e.